The Kier molecular flexibility index (Phi) is 5.03. The molecule has 1 aromatic carbocycles. The second kappa shape index (κ2) is 6.97. The van der Waals surface area contributed by atoms with E-state index in [1.54, 1.807) is 0 Å². The van der Waals surface area contributed by atoms with Gasteiger partial charge >= 0.3 is 5.97 Å². The van der Waals surface area contributed by atoms with Crippen molar-refractivity contribution in [1.29, 1.82) is 0 Å². The van der Waals surface area contributed by atoms with Crippen molar-refractivity contribution in [2.45, 2.75) is 38.1 Å². The minimum Gasteiger partial charge on any atom is -0.508 e. The van der Waals surface area contributed by atoms with Gasteiger partial charge in [0.25, 0.3) is 5.91 Å². The number of amides is 1. The molecule has 1 amide bonds. The first-order valence-electron chi connectivity index (χ1n) is 7.05. The number of carbonyl (C=O) groups is 2. The molecule has 1 saturated carbocycles. The highest BCUT2D eigenvalue weighted by Crippen LogP contribution is 2.23. The average Bonchev–Trinajstić information content (AvgIpc) is 2.46. The van der Waals surface area contributed by atoms with E-state index in [1.807, 2.05) is 0 Å². The van der Waals surface area contributed by atoms with E-state index < -0.39 is 5.97 Å². The number of nitrogens with one attached hydrogen (secondary N) is 1. The highest BCUT2D eigenvalue weighted by atomic mass is 16.5. The molecule has 21 heavy (non-hydrogen) atoms. The molecule has 0 atom stereocenters. The number of carbonyl (C=O) groups excluding carboxylic acids is 2. The van der Waals surface area contributed by atoms with Crippen LogP contribution in [-0.2, 0) is 9.53 Å². The summed E-state index contributed by atoms with van der Waals surface area (Å²) >= 11 is 0. The van der Waals surface area contributed by atoms with Crippen molar-refractivity contribution < 1.29 is 24.5 Å². The van der Waals surface area contributed by atoms with Gasteiger partial charge in [0.15, 0.2) is 6.61 Å². The predicted octanol–water partition coefficient (Wildman–Crippen LogP) is 1.70. The van der Waals surface area contributed by atoms with Crippen LogP contribution in [0.1, 0.15) is 42.5 Å². The first-order chi connectivity index (χ1) is 10.1. The Morgan fingerprint density at radius 1 is 1.19 bits per heavy atom. The molecule has 1 aliphatic rings. The Hall–Kier alpha value is -2.24. The van der Waals surface area contributed by atoms with Gasteiger partial charge in [0.2, 0.25) is 0 Å². The standard InChI is InChI=1S/C15H19NO5/c17-11-6-7-12(13(18)8-11)15(20)21-9-14(19)16-10-4-2-1-3-5-10/h6-8,10,17-18H,1-5,9H2,(H,16,19). The van der Waals surface area contributed by atoms with Crippen LogP contribution in [0.25, 0.3) is 0 Å². The molecule has 1 aromatic rings. The Morgan fingerprint density at radius 3 is 2.57 bits per heavy atom. The number of esters is 1. The molecular weight excluding hydrogens is 274 g/mol. The van der Waals surface area contributed by atoms with Crippen LogP contribution >= 0.6 is 0 Å². The lowest BCUT2D eigenvalue weighted by molar-refractivity contribution is -0.125. The zero-order valence-corrected chi connectivity index (χ0v) is 11.7. The van der Waals surface area contributed by atoms with Crippen molar-refractivity contribution >= 4 is 11.9 Å². The van der Waals surface area contributed by atoms with Gasteiger partial charge in [-0.3, -0.25) is 4.79 Å². The summed E-state index contributed by atoms with van der Waals surface area (Å²) in [5.41, 5.74) is -0.0849. The van der Waals surface area contributed by atoms with Gasteiger partial charge in [0, 0.05) is 12.1 Å². The molecule has 0 bridgehead atoms. The zero-order chi connectivity index (χ0) is 15.2. The van der Waals surface area contributed by atoms with E-state index in [1.165, 1.54) is 18.6 Å². The Balaban J connectivity index is 1.81. The summed E-state index contributed by atoms with van der Waals surface area (Å²) < 4.78 is 4.86. The normalized spacial score (nSPS) is 15.4. The summed E-state index contributed by atoms with van der Waals surface area (Å²) in [4.78, 5) is 23.4. The Labute approximate surface area is 122 Å². The fraction of sp³-hybridized carbons (Fsp3) is 0.467. The Bertz CT molecular complexity index is 523. The maximum atomic E-state index is 11.7. The number of phenolic OH excluding ortho intramolecular Hbond substituents is 2. The molecule has 0 heterocycles. The minimum atomic E-state index is -0.800. The number of benzene rings is 1. The lowest BCUT2D eigenvalue weighted by Gasteiger charge is -2.22. The van der Waals surface area contributed by atoms with Crippen LogP contribution in [-0.4, -0.2) is 34.7 Å². The van der Waals surface area contributed by atoms with Gasteiger partial charge < -0.3 is 20.3 Å². The number of rotatable bonds is 4. The topological polar surface area (TPSA) is 95.9 Å². The number of ether oxygens (including phenoxy) is 1. The molecule has 0 aliphatic heterocycles. The van der Waals surface area contributed by atoms with Gasteiger partial charge in [0.1, 0.15) is 17.1 Å². The SMILES string of the molecule is O=C(COC(=O)c1ccc(O)cc1O)NC1CCCCC1. The first kappa shape index (κ1) is 15.2. The summed E-state index contributed by atoms with van der Waals surface area (Å²) in [5, 5.41) is 21.5. The molecule has 6 nitrogen and oxygen atoms in total. The van der Waals surface area contributed by atoms with Crippen LogP contribution in [0.3, 0.4) is 0 Å². The fourth-order valence-electron chi connectivity index (χ4n) is 2.42. The molecule has 0 unspecified atom stereocenters. The van der Waals surface area contributed by atoms with E-state index in [2.05, 4.69) is 5.32 Å². The first-order valence-corrected chi connectivity index (χ1v) is 7.05. The van der Waals surface area contributed by atoms with Gasteiger partial charge in [-0.05, 0) is 25.0 Å². The van der Waals surface area contributed by atoms with E-state index in [0.717, 1.165) is 31.7 Å². The summed E-state index contributed by atoms with van der Waals surface area (Å²) in [6, 6.07) is 3.70. The number of phenols is 2. The smallest absolute Gasteiger partial charge is 0.342 e. The largest absolute Gasteiger partial charge is 0.508 e. The third kappa shape index (κ3) is 4.37. The third-order valence-electron chi connectivity index (χ3n) is 3.51. The van der Waals surface area contributed by atoms with Crippen LogP contribution in [0, 0.1) is 0 Å². The summed E-state index contributed by atoms with van der Waals surface area (Å²) in [7, 11) is 0. The van der Waals surface area contributed by atoms with Crippen molar-refractivity contribution in [2.24, 2.45) is 0 Å². The van der Waals surface area contributed by atoms with Crippen LogP contribution in [0.5, 0.6) is 11.5 Å². The molecule has 114 valence electrons. The molecule has 3 N–H and O–H groups in total. The fourth-order valence-corrected chi connectivity index (χ4v) is 2.42. The van der Waals surface area contributed by atoms with E-state index in [0.29, 0.717) is 0 Å². The van der Waals surface area contributed by atoms with Gasteiger partial charge in [0.05, 0.1) is 0 Å². The van der Waals surface area contributed by atoms with E-state index in [-0.39, 0.29) is 35.6 Å². The maximum Gasteiger partial charge on any atom is 0.342 e. The second-order valence-electron chi connectivity index (χ2n) is 5.18. The maximum absolute atomic E-state index is 11.7. The molecule has 0 spiro atoms. The van der Waals surface area contributed by atoms with Crippen molar-refractivity contribution in [2.75, 3.05) is 6.61 Å². The average molecular weight is 293 g/mol. The molecule has 0 radical (unpaired) electrons. The van der Waals surface area contributed by atoms with E-state index >= 15 is 0 Å². The van der Waals surface area contributed by atoms with Gasteiger partial charge in [-0.15, -0.1) is 0 Å². The highest BCUT2D eigenvalue weighted by Gasteiger charge is 2.18. The molecule has 0 saturated heterocycles. The molecule has 1 aliphatic carbocycles. The van der Waals surface area contributed by atoms with Gasteiger partial charge in [-0.1, -0.05) is 19.3 Å². The van der Waals surface area contributed by atoms with Crippen molar-refractivity contribution in [3.8, 4) is 11.5 Å². The quantitative estimate of drug-likeness (QED) is 0.734. The monoisotopic (exact) mass is 293 g/mol. The number of aromatic hydroxyl groups is 2. The zero-order valence-electron chi connectivity index (χ0n) is 11.7. The van der Waals surface area contributed by atoms with Gasteiger partial charge in [-0.2, -0.15) is 0 Å². The van der Waals surface area contributed by atoms with E-state index in [9.17, 15) is 14.7 Å². The lowest BCUT2D eigenvalue weighted by atomic mass is 9.95. The summed E-state index contributed by atoms with van der Waals surface area (Å²) in [5.74, 6) is -1.67. The predicted molar refractivity (Wildman–Crippen MR) is 75.1 cm³/mol. The summed E-state index contributed by atoms with van der Waals surface area (Å²) in [6.07, 6.45) is 5.32. The minimum absolute atomic E-state index is 0.0849. The van der Waals surface area contributed by atoms with Crippen LogP contribution < -0.4 is 5.32 Å². The van der Waals surface area contributed by atoms with Crippen molar-refractivity contribution in [3.05, 3.63) is 23.8 Å². The molecule has 1 fully saturated rings. The Morgan fingerprint density at radius 2 is 1.90 bits per heavy atom. The van der Waals surface area contributed by atoms with Crippen LogP contribution in [0.15, 0.2) is 18.2 Å². The van der Waals surface area contributed by atoms with Gasteiger partial charge in [-0.25, -0.2) is 4.79 Å². The molecule has 2 rings (SSSR count). The van der Waals surface area contributed by atoms with Crippen LogP contribution in [0.4, 0.5) is 0 Å². The molecule has 0 aromatic heterocycles. The van der Waals surface area contributed by atoms with Crippen molar-refractivity contribution in [3.63, 3.8) is 0 Å². The summed E-state index contributed by atoms with van der Waals surface area (Å²) in [6.45, 7) is -0.379. The van der Waals surface area contributed by atoms with E-state index in [4.69, 9.17) is 9.84 Å². The lowest BCUT2D eigenvalue weighted by Crippen LogP contribution is -2.38. The van der Waals surface area contributed by atoms with Crippen LogP contribution in [0.2, 0.25) is 0 Å². The number of hydrogen-bond acceptors (Lipinski definition) is 5. The third-order valence-corrected chi connectivity index (χ3v) is 3.51. The second-order valence-corrected chi connectivity index (χ2v) is 5.18. The number of hydrogen-bond donors (Lipinski definition) is 3. The molecular formula is C15H19NO5. The van der Waals surface area contributed by atoms with Crippen molar-refractivity contribution in [1.82, 2.24) is 5.32 Å². The molecule has 6 heteroatoms. The highest BCUT2D eigenvalue weighted by molar-refractivity contribution is 5.94.